The molecule has 0 saturated heterocycles. The quantitative estimate of drug-likeness (QED) is 0.792. The van der Waals surface area contributed by atoms with Gasteiger partial charge in [-0.05, 0) is 32.4 Å². The minimum Gasteiger partial charge on any atom is -0.368 e. The van der Waals surface area contributed by atoms with E-state index in [0.29, 0.717) is 30.4 Å². The van der Waals surface area contributed by atoms with Gasteiger partial charge in [-0.2, -0.15) is 5.26 Å². The smallest absolute Gasteiger partial charge is 0.337 e. The van der Waals surface area contributed by atoms with Crippen LogP contribution in [-0.4, -0.2) is 26.6 Å². The molecule has 0 saturated carbocycles. The maximum atomic E-state index is 12.6. The summed E-state index contributed by atoms with van der Waals surface area (Å²) in [7, 11) is 0. The predicted octanol–water partition coefficient (Wildman–Crippen LogP) is 0.928. The van der Waals surface area contributed by atoms with Gasteiger partial charge in [0.15, 0.2) is 0 Å². The zero-order valence-electron chi connectivity index (χ0n) is 13.6. The summed E-state index contributed by atoms with van der Waals surface area (Å²) in [6, 6.07) is 8.15. The van der Waals surface area contributed by atoms with Gasteiger partial charge >= 0.3 is 11.7 Å². The molecule has 1 heterocycles. The van der Waals surface area contributed by atoms with Crippen LogP contribution >= 0.6 is 0 Å². The molecule has 3 N–H and O–H groups in total. The van der Waals surface area contributed by atoms with Crippen molar-refractivity contribution in [3.05, 3.63) is 34.7 Å². The van der Waals surface area contributed by atoms with Crippen LogP contribution in [0.25, 0.3) is 11.0 Å². The second-order valence-electron chi connectivity index (χ2n) is 5.94. The molecule has 0 atom stereocenters. The summed E-state index contributed by atoms with van der Waals surface area (Å²) in [5.74, 6) is -0.707. The number of unbranched alkanes of at least 4 members (excludes halogenated alkanes) is 1. The number of aromatic nitrogens is 2. The molecule has 0 aliphatic heterocycles. The van der Waals surface area contributed by atoms with Crippen molar-refractivity contribution in [1.29, 1.82) is 5.26 Å². The topological polar surface area (TPSA) is 123 Å². The normalized spacial score (nSPS) is 11.2. The molecule has 0 spiro atoms. The van der Waals surface area contributed by atoms with Crippen LogP contribution in [0.3, 0.4) is 0 Å². The number of hydrogen-bond acceptors (Lipinski definition) is 4. The zero-order valence-corrected chi connectivity index (χ0v) is 13.6. The lowest BCUT2D eigenvalue weighted by Crippen LogP contribution is -2.55. The Labute approximate surface area is 138 Å². The number of aryl methyl sites for hydroxylation is 1. The number of para-hydroxylation sites is 2. The maximum absolute atomic E-state index is 12.6. The second-order valence-corrected chi connectivity index (χ2v) is 5.94. The fraction of sp³-hybridized carbons (Fsp3) is 0.375. The first-order valence-electron chi connectivity index (χ1n) is 7.49. The van der Waals surface area contributed by atoms with E-state index >= 15 is 0 Å². The van der Waals surface area contributed by atoms with Gasteiger partial charge in [0.25, 0.3) is 0 Å². The van der Waals surface area contributed by atoms with Crippen LogP contribution in [-0.2, 0) is 11.3 Å². The monoisotopic (exact) mass is 329 g/mol. The summed E-state index contributed by atoms with van der Waals surface area (Å²) in [5, 5.41) is 11.1. The molecular formula is C16H19N5O3. The molecular weight excluding hydrogens is 310 g/mol. The first-order chi connectivity index (χ1) is 11.3. The van der Waals surface area contributed by atoms with Crippen LogP contribution in [0.5, 0.6) is 0 Å². The van der Waals surface area contributed by atoms with Gasteiger partial charge in [-0.3, -0.25) is 9.36 Å². The number of fused-ring (bicyclic) bond motifs is 1. The number of imidazole rings is 1. The van der Waals surface area contributed by atoms with E-state index in [1.165, 1.54) is 18.4 Å². The van der Waals surface area contributed by atoms with E-state index in [9.17, 15) is 14.4 Å². The standard InChI is InChI=1S/C16H19N5O3/c1-16(2,13(18)22)19-14(23)21-12-8-4-3-7-11(12)20(15(21)24)10-6-5-9-17/h3-4,7-8H,5-6,10H2,1-2H3,(H2,18,22)(H,19,23). The van der Waals surface area contributed by atoms with Gasteiger partial charge < -0.3 is 11.1 Å². The van der Waals surface area contributed by atoms with E-state index in [1.807, 2.05) is 6.07 Å². The highest BCUT2D eigenvalue weighted by molar-refractivity contribution is 5.93. The van der Waals surface area contributed by atoms with Gasteiger partial charge in [-0.15, -0.1) is 0 Å². The molecule has 1 aromatic heterocycles. The third-order valence-electron chi connectivity index (χ3n) is 3.74. The predicted molar refractivity (Wildman–Crippen MR) is 88.2 cm³/mol. The molecule has 8 heteroatoms. The minimum atomic E-state index is -1.29. The number of primary amides is 1. The highest BCUT2D eigenvalue weighted by Gasteiger charge is 2.29. The van der Waals surface area contributed by atoms with Gasteiger partial charge in [-0.25, -0.2) is 14.2 Å². The van der Waals surface area contributed by atoms with Gasteiger partial charge in [0, 0.05) is 13.0 Å². The molecule has 0 fully saturated rings. The first-order valence-corrected chi connectivity index (χ1v) is 7.49. The average molecular weight is 329 g/mol. The Balaban J connectivity index is 2.49. The van der Waals surface area contributed by atoms with E-state index in [2.05, 4.69) is 5.32 Å². The van der Waals surface area contributed by atoms with Crippen molar-refractivity contribution in [2.75, 3.05) is 0 Å². The largest absolute Gasteiger partial charge is 0.368 e. The van der Waals surface area contributed by atoms with E-state index < -0.39 is 23.2 Å². The summed E-state index contributed by atoms with van der Waals surface area (Å²) < 4.78 is 2.43. The Morgan fingerprint density at radius 3 is 2.50 bits per heavy atom. The molecule has 126 valence electrons. The van der Waals surface area contributed by atoms with Crippen molar-refractivity contribution in [2.45, 2.75) is 38.8 Å². The second kappa shape index (κ2) is 6.58. The molecule has 0 aliphatic rings. The number of carbonyl (C=O) groups excluding carboxylic acids is 2. The molecule has 0 bridgehead atoms. The maximum Gasteiger partial charge on any atom is 0.337 e. The lowest BCUT2D eigenvalue weighted by Gasteiger charge is -2.22. The molecule has 2 amide bonds. The van der Waals surface area contributed by atoms with Crippen molar-refractivity contribution < 1.29 is 9.59 Å². The van der Waals surface area contributed by atoms with Gasteiger partial charge in [0.2, 0.25) is 5.91 Å². The lowest BCUT2D eigenvalue weighted by atomic mass is 10.1. The number of benzene rings is 1. The fourth-order valence-corrected chi connectivity index (χ4v) is 2.32. The number of nitrogens with one attached hydrogen (secondary N) is 1. The molecule has 0 radical (unpaired) electrons. The van der Waals surface area contributed by atoms with Crippen LogP contribution in [0, 0.1) is 11.3 Å². The Morgan fingerprint density at radius 2 is 1.92 bits per heavy atom. The number of hydrogen-bond donors (Lipinski definition) is 2. The van der Waals surface area contributed by atoms with Crippen molar-refractivity contribution in [3.8, 4) is 6.07 Å². The average Bonchev–Trinajstić information content (AvgIpc) is 2.79. The Kier molecular flexibility index (Phi) is 4.74. The Hall–Kier alpha value is -3.08. The molecule has 8 nitrogen and oxygen atoms in total. The third-order valence-corrected chi connectivity index (χ3v) is 3.74. The first kappa shape index (κ1) is 17.3. The van der Waals surface area contributed by atoms with Crippen molar-refractivity contribution in [2.24, 2.45) is 5.73 Å². The molecule has 1 aromatic carbocycles. The number of amides is 2. The Bertz CT molecular complexity index is 885. The van der Waals surface area contributed by atoms with E-state index in [0.717, 1.165) is 4.57 Å². The number of rotatable bonds is 5. The number of nitriles is 1. The molecule has 2 rings (SSSR count). The molecule has 2 aromatic rings. The van der Waals surface area contributed by atoms with Crippen molar-refractivity contribution in [3.63, 3.8) is 0 Å². The van der Waals surface area contributed by atoms with E-state index in [-0.39, 0.29) is 0 Å². The van der Waals surface area contributed by atoms with Crippen LogP contribution in [0.15, 0.2) is 29.1 Å². The number of nitrogens with zero attached hydrogens (tertiary/aromatic N) is 3. The lowest BCUT2D eigenvalue weighted by molar-refractivity contribution is -0.122. The van der Waals surface area contributed by atoms with Gasteiger partial charge in [-0.1, -0.05) is 12.1 Å². The zero-order chi connectivity index (χ0) is 17.9. The summed E-state index contributed by atoms with van der Waals surface area (Å²) >= 11 is 0. The van der Waals surface area contributed by atoms with Gasteiger partial charge in [0.05, 0.1) is 17.1 Å². The number of carbonyl (C=O) groups is 2. The minimum absolute atomic E-state index is 0.312. The fourth-order valence-electron chi connectivity index (χ4n) is 2.32. The highest BCUT2D eigenvalue weighted by atomic mass is 16.2. The van der Waals surface area contributed by atoms with Crippen molar-refractivity contribution >= 4 is 23.0 Å². The molecule has 24 heavy (non-hydrogen) atoms. The molecule has 0 aliphatic carbocycles. The van der Waals surface area contributed by atoms with E-state index in [1.54, 1.807) is 24.3 Å². The number of nitrogens with two attached hydrogens (primary N) is 1. The van der Waals surface area contributed by atoms with Crippen LogP contribution in [0.4, 0.5) is 4.79 Å². The summed E-state index contributed by atoms with van der Waals surface area (Å²) in [6.07, 6.45) is 0.811. The molecule has 0 unspecified atom stereocenters. The van der Waals surface area contributed by atoms with Crippen LogP contribution in [0.2, 0.25) is 0 Å². The van der Waals surface area contributed by atoms with Crippen LogP contribution in [0.1, 0.15) is 26.7 Å². The van der Waals surface area contributed by atoms with Crippen LogP contribution < -0.4 is 16.7 Å². The summed E-state index contributed by atoms with van der Waals surface area (Å²) in [6.45, 7) is 3.25. The summed E-state index contributed by atoms with van der Waals surface area (Å²) in [5.41, 5.74) is 4.46. The third kappa shape index (κ3) is 3.15. The summed E-state index contributed by atoms with van der Waals surface area (Å²) in [4.78, 5) is 36.6. The van der Waals surface area contributed by atoms with E-state index in [4.69, 9.17) is 11.0 Å². The van der Waals surface area contributed by atoms with Gasteiger partial charge in [0.1, 0.15) is 5.54 Å². The highest BCUT2D eigenvalue weighted by Crippen LogP contribution is 2.14. The van der Waals surface area contributed by atoms with Crippen molar-refractivity contribution in [1.82, 2.24) is 14.5 Å². The Morgan fingerprint density at radius 1 is 1.29 bits per heavy atom. The SMILES string of the molecule is CC(C)(NC(=O)n1c(=O)n(CCCC#N)c2ccccc21)C(N)=O.